The fourth-order valence-electron chi connectivity index (χ4n) is 2.04. The number of Topliss-reactive ketones (excluding diaryl/α,β-unsaturated/α-hetero) is 1. The molecule has 0 saturated heterocycles. The fourth-order valence-corrected chi connectivity index (χ4v) is 2.04. The van der Waals surface area contributed by atoms with Gasteiger partial charge in [0.2, 0.25) is 0 Å². The summed E-state index contributed by atoms with van der Waals surface area (Å²) in [6.07, 6.45) is 4.97. The number of carbonyl (C=O) groups is 1. The Bertz CT molecular complexity index is 667. The summed E-state index contributed by atoms with van der Waals surface area (Å²) in [6.45, 7) is 2.48. The highest BCUT2D eigenvalue weighted by Crippen LogP contribution is 2.13. The number of hydrogen-bond acceptors (Lipinski definition) is 2. The highest BCUT2D eigenvalue weighted by Gasteiger charge is 2.07. The van der Waals surface area contributed by atoms with Crippen molar-refractivity contribution in [2.24, 2.45) is 0 Å². The molecule has 2 rings (SSSR count). The van der Waals surface area contributed by atoms with Gasteiger partial charge in [0.1, 0.15) is 11.9 Å². The first-order chi connectivity index (χ1) is 9.63. The SMILES string of the molecule is CCCC(=O)c1ccn(Cc2ccc(F)c(C#N)c2)c1. The molecule has 0 aliphatic heterocycles. The van der Waals surface area contributed by atoms with Crippen LogP contribution in [0.5, 0.6) is 0 Å². The highest BCUT2D eigenvalue weighted by molar-refractivity contribution is 5.95. The molecule has 0 atom stereocenters. The minimum absolute atomic E-state index is 0.0388. The molecule has 0 fully saturated rings. The van der Waals surface area contributed by atoms with Gasteiger partial charge in [-0.3, -0.25) is 4.79 Å². The monoisotopic (exact) mass is 270 g/mol. The molecule has 2 aromatic rings. The van der Waals surface area contributed by atoms with Gasteiger partial charge in [-0.15, -0.1) is 0 Å². The van der Waals surface area contributed by atoms with Crippen molar-refractivity contribution in [3.8, 4) is 6.07 Å². The molecule has 1 heterocycles. The third kappa shape index (κ3) is 3.12. The van der Waals surface area contributed by atoms with Crippen LogP contribution in [-0.2, 0) is 6.54 Å². The van der Waals surface area contributed by atoms with Crippen LogP contribution >= 0.6 is 0 Å². The molecule has 0 aliphatic carbocycles. The Labute approximate surface area is 117 Å². The van der Waals surface area contributed by atoms with Gasteiger partial charge in [-0.25, -0.2) is 4.39 Å². The van der Waals surface area contributed by atoms with Crippen molar-refractivity contribution in [3.63, 3.8) is 0 Å². The van der Waals surface area contributed by atoms with Crippen molar-refractivity contribution in [2.45, 2.75) is 26.3 Å². The maximum absolute atomic E-state index is 13.2. The molecule has 1 aromatic heterocycles. The van der Waals surface area contributed by atoms with Crippen molar-refractivity contribution >= 4 is 5.78 Å². The predicted octanol–water partition coefficient (Wildman–Crippen LogP) is 3.53. The molecule has 20 heavy (non-hydrogen) atoms. The van der Waals surface area contributed by atoms with Crippen LogP contribution < -0.4 is 0 Å². The lowest BCUT2D eigenvalue weighted by molar-refractivity contribution is 0.0981. The summed E-state index contributed by atoms with van der Waals surface area (Å²) in [5.74, 6) is -0.384. The van der Waals surface area contributed by atoms with Gasteiger partial charge >= 0.3 is 0 Å². The van der Waals surface area contributed by atoms with E-state index in [0.717, 1.165) is 12.0 Å². The lowest BCUT2D eigenvalue weighted by Gasteiger charge is -2.04. The van der Waals surface area contributed by atoms with E-state index in [0.29, 0.717) is 18.5 Å². The Morgan fingerprint density at radius 2 is 2.20 bits per heavy atom. The molecule has 4 heteroatoms. The molecule has 3 nitrogen and oxygen atoms in total. The summed E-state index contributed by atoms with van der Waals surface area (Å²) in [4.78, 5) is 11.7. The van der Waals surface area contributed by atoms with E-state index in [4.69, 9.17) is 5.26 Å². The van der Waals surface area contributed by atoms with Gasteiger partial charge in [0.05, 0.1) is 5.56 Å². The number of ketones is 1. The van der Waals surface area contributed by atoms with Crippen molar-refractivity contribution in [1.29, 1.82) is 5.26 Å². The molecule has 0 saturated carbocycles. The normalized spacial score (nSPS) is 10.2. The van der Waals surface area contributed by atoms with Crippen LogP contribution in [0.3, 0.4) is 0 Å². The zero-order valence-electron chi connectivity index (χ0n) is 11.3. The quantitative estimate of drug-likeness (QED) is 0.780. The molecule has 0 N–H and O–H groups in total. The standard InChI is InChI=1S/C16H15FN2O/c1-2-3-16(20)13-6-7-19(11-13)10-12-4-5-15(17)14(8-12)9-18/h4-8,11H,2-3,10H2,1H3. The lowest BCUT2D eigenvalue weighted by atomic mass is 10.1. The number of nitrogens with zero attached hydrogens (tertiary/aromatic N) is 2. The first-order valence-corrected chi connectivity index (χ1v) is 6.51. The number of nitriles is 1. The predicted molar refractivity (Wildman–Crippen MR) is 73.9 cm³/mol. The summed E-state index contributed by atoms with van der Waals surface area (Å²) in [6, 6.07) is 8.07. The van der Waals surface area contributed by atoms with Crippen LogP contribution in [0.15, 0.2) is 36.7 Å². The molecule has 0 radical (unpaired) electrons. The van der Waals surface area contributed by atoms with Gasteiger partial charge in [-0.2, -0.15) is 5.26 Å². The minimum atomic E-state index is -0.512. The molecule has 0 unspecified atom stereocenters. The van der Waals surface area contributed by atoms with E-state index < -0.39 is 5.82 Å². The van der Waals surface area contributed by atoms with Gasteiger partial charge in [-0.1, -0.05) is 13.0 Å². The smallest absolute Gasteiger partial charge is 0.164 e. The Kier molecular flexibility index (Phi) is 4.31. The molecular weight excluding hydrogens is 255 g/mol. The highest BCUT2D eigenvalue weighted by atomic mass is 19.1. The fraction of sp³-hybridized carbons (Fsp3) is 0.250. The molecule has 0 spiro atoms. The summed E-state index contributed by atoms with van der Waals surface area (Å²) in [5.41, 5.74) is 1.56. The number of rotatable bonds is 5. The largest absolute Gasteiger partial charge is 0.349 e. The van der Waals surface area contributed by atoms with Gasteiger partial charge in [0, 0.05) is 30.9 Å². The summed E-state index contributed by atoms with van der Waals surface area (Å²) >= 11 is 0. The molecule has 1 aromatic carbocycles. The molecular formula is C16H15FN2O. The van der Waals surface area contributed by atoms with E-state index >= 15 is 0 Å². The molecule has 0 aliphatic rings. The number of benzene rings is 1. The van der Waals surface area contributed by atoms with E-state index in [9.17, 15) is 9.18 Å². The number of halogens is 1. The summed E-state index contributed by atoms with van der Waals surface area (Å²) in [7, 11) is 0. The third-order valence-corrected chi connectivity index (χ3v) is 3.07. The van der Waals surface area contributed by atoms with Crippen molar-refractivity contribution in [3.05, 3.63) is 59.2 Å². The second-order valence-corrected chi connectivity index (χ2v) is 4.67. The maximum atomic E-state index is 13.2. The number of carbonyl (C=O) groups excluding carboxylic acids is 1. The van der Waals surface area contributed by atoms with Gasteiger partial charge in [0.25, 0.3) is 0 Å². The average molecular weight is 270 g/mol. The lowest BCUT2D eigenvalue weighted by Crippen LogP contribution is -1.99. The summed E-state index contributed by atoms with van der Waals surface area (Å²) in [5, 5.41) is 8.80. The van der Waals surface area contributed by atoms with Crippen LogP contribution in [-0.4, -0.2) is 10.4 Å². The van der Waals surface area contributed by atoms with Crippen LogP contribution in [0.4, 0.5) is 4.39 Å². The average Bonchev–Trinajstić information content (AvgIpc) is 2.90. The van der Waals surface area contributed by atoms with E-state index in [1.165, 1.54) is 12.1 Å². The Morgan fingerprint density at radius 1 is 1.40 bits per heavy atom. The first kappa shape index (κ1) is 14.0. The maximum Gasteiger partial charge on any atom is 0.164 e. The van der Waals surface area contributed by atoms with Gasteiger partial charge in [-0.05, 0) is 30.2 Å². The molecule has 102 valence electrons. The molecule has 0 amide bonds. The van der Waals surface area contributed by atoms with E-state index in [-0.39, 0.29) is 11.3 Å². The Balaban J connectivity index is 2.15. The third-order valence-electron chi connectivity index (χ3n) is 3.07. The minimum Gasteiger partial charge on any atom is -0.349 e. The zero-order valence-corrected chi connectivity index (χ0v) is 11.3. The topological polar surface area (TPSA) is 45.8 Å². The Morgan fingerprint density at radius 3 is 2.90 bits per heavy atom. The van der Waals surface area contributed by atoms with E-state index in [2.05, 4.69) is 0 Å². The van der Waals surface area contributed by atoms with Crippen LogP contribution in [0.2, 0.25) is 0 Å². The zero-order chi connectivity index (χ0) is 14.5. The van der Waals surface area contributed by atoms with Crippen LogP contribution in [0.1, 0.15) is 41.3 Å². The molecule has 0 bridgehead atoms. The Hall–Kier alpha value is -2.41. The van der Waals surface area contributed by atoms with E-state index in [1.807, 2.05) is 23.8 Å². The van der Waals surface area contributed by atoms with Gasteiger partial charge in [0.15, 0.2) is 5.78 Å². The van der Waals surface area contributed by atoms with Crippen molar-refractivity contribution < 1.29 is 9.18 Å². The van der Waals surface area contributed by atoms with Gasteiger partial charge < -0.3 is 4.57 Å². The van der Waals surface area contributed by atoms with Crippen molar-refractivity contribution in [2.75, 3.05) is 0 Å². The second-order valence-electron chi connectivity index (χ2n) is 4.67. The van der Waals surface area contributed by atoms with Crippen molar-refractivity contribution in [1.82, 2.24) is 4.57 Å². The van der Waals surface area contributed by atoms with Crippen LogP contribution in [0, 0.1) is 17.1 Å². The number of aromatic nitrogens is 1. The van der Waals surface area contributed by atoms with Crippen LogP contribution in [0.25, 0.3) is 0 Å². The summed E-state index contributed by atoms with van der Waals surface area (Å²) < 4.78 is 15.1. The van der Waals surface area contributed by atoms with E-state index in [1.54, 1.807) is 18.3 Å². The second kappa shape index (κ2) is 6.16. The number of hydrogen-bond donors (Lipinski definition) is 0. The first-order valence-electron chi connectivity index (χ1n) is 6.51.